The number of aliphatic hydroxyl groups excluding tert-OH is 1. The largest absolute Gasteiger partial charge is 0.388 e. The van der Waals surface area contributed by atoms with E-state index in [1.165, 1.54) is 5.56 Å². The zero-order chi connectivity index (χ0) is 21.8. The van der Waals surface area contributed by atoms with Gasteiger partial charge in [0.25, 0.3) is 0 Å². The third-order valence-electron chi connectivity index (χ3n) is 6.63. The molecule has 3 aromatic rings. The second-order valence-electron chi connectivity index (χ2n) is 9.00. The number of aryl methyl sites for hydroxylation is 1. The van der Waals surface area contributed by atoms with Gasteiger partial charge in [0.05, 0.1) is 12.0 Å². The third kappa shape index (κ3) is 5.26. The van der Waals surface area contributed by atoms with Crippen molar-refractivity contribution >= 4 is 11.6 Å². The predicted octanol–water partition coefficient (Wildman–Crippen LogP) is 5.76. The minimum Gasteiger partial charge on any atom is -0.388 e. The summed E-state index contributed by atoms with van der Waals surface area (Å²) < 4.78 is 0. The van der Waals surface area contributed by atoms with E-state index in [0.717, 1.165) is 48.3 Å². The number of aromatic amines is 1. The lowest BCUT2D eigenvalue weighted by Crippen LogP contribution is -2.19. The monoisotopic (exact) mass is 416 g/mol. The van der Waals surface area contributed by atoms with Gasteiger partial charge in [-0.1, -0.05) is 42.5 Å². The number of hydrogen-bond donors (Lipinski definition) is 3. The highest BCUT2D eigenvalue weighted by Crippen LogP contribution is 2.40. The highest BCUT2D eigenvalue weighted by atomic mass is 16.3. The normalized spacial score (nSPS) is 20.4. The van der Waals surface area contributed by atoms with Crippen LogP contribution in [0.3, 0.4) is 0 Å². The lowest BCUT2D eigenvalue weighted by molar-refractivity contribution is -0.117. The van der Waals surface area contributed by atoms with Crippen LogP contribution in [0.2, 0.25) is 0 Å². The first-order valence-electron chi connectivity index (χ1n) is 11.3. The van der Waals surface area contributed by atoms with Crippen molar-refractivity contribution < 1.29 is 9.90 Å². The van der Waals surface area contributed by atoms with Gasteiger partial charge in [0.15, 0.2) is 0 Å². The Labute approximate surface area is 184 Å². The minimum absolute atomic E-state index is 0.0110. The summed E-state index contributed by atoms with van der Waals surface area (Å²) in [7, 11) is 0. The fraction of sp³-hybridized carbons (Fsp3) is 0.370. The topological polar surface area (TPSA) is 65.1 Å². The van der Waals surface area contributed by atoms with Crippen molar-refractivity contribution in [3.05, 3.63) is 89.2 Å². The average molecular weight is 417 g/mol. The van der Waals surface area contributed by atoms with Crippen molar-refractivity contribution in [2.24, 2.45) is 11.8 Å². The maximum absolute atomic E-state index is 12.5. The molecule has 0 bridgehead atoms. The van der Waals surface area contributed by atoms with Crippen LogP contribution < -0.4 is 5.32 Å². The van der Waals surface area contributed by atoms with Crippen LogP contribution in [0.5, 0.6) is 0 Å². The number of anilines is 1. The van der Waals surface area contributed by atoms with Gasteiger partial charge in [0.2, 0.25) is 5.91 Å². The number of amides is 1. The fourth-order valence-corrected chi connectivity index (χ4v) is 4.74. The zero-order valence-corrected chi connectivity index (χ0v) is 18.3. The van der Waals surface area contributed by atoms with Crippen LogP contribution in [0.15, 0.2) is 66.7 Å². The molecule has 1 fully saturated rings. The first-order valence-corrected chi connectivity index (χ1v) is 11.3. The number of carbonyl (C=O) groups is 1. The van der Waals surface area contributed by atoms with Gasteiger partial charge in [-0.3, -0.25) is 4.79 Å². The maximum Gasteiger partial charge on any atom is 0.233 e. The maximum atomic E-state index is 12.5. The van der Waals surface area contributed by atoms with E-state index in [2.05, 4.69) is 22.4 Å². The van der Waals surface area contributed by atoms with Crippen molar-refractivity contribution in [1.29, 1.82) is 0 Å². The standard InChI is InChI=1S/C27H32N2O2/c1-18-8-15-25(28-18)19(2)27(31)29-24-13-10-20(11-14-24)16-21-9-12-23(17-21)26(30)22-6-4-3-5-7-22/h3-8,10-11,13-15,19,21,23,26,28,30H,9,12,16-17H2,1-2H3,(H,29,31)/t19?,21-,23-,26+/m0/s1. The van der Waals surface area contributed by atoms with E-state index in [0.29, 0.717) is 11.8 Å². The van der Waals surface area contributed by atoms with E-state index in [-0.39, 0.29) is 17.9 Å². The molecule has 4 nitrogen and oxygen atoms in total. The van der Waals surface area contributed by atoms with E-state index in [4.69, 9.17) is 0 Å². The van der Waals surface area contributed by atoms with Crippen LogP contribution in [-0.4, -0.2) is 16.0 Å². The number of benzene rings is 2. The molecule has 4 rings (SSSR count). The molecule has 1 saturated carbocycles. The van der Waals surface area contributed by atoms with E-state index < -0.39 is 0 Å². The Bertz CT molecular complexity index is 994. The predicted molar refractivity (Wildman–Crippen MR) is 125 cm³/mol. The van der Waals surface area contributed by atoms with Crippen molar-refractivity contribution in [1.82, 2.24) is 4.98 Å². The van der Waals surface area contributed by atoms with E-state index >= 15 is 0 Å². The molecule has 2 aromatic carbocycles. The van der Waals surface area contributed by atoms with Crippen LogP contribution in [0.25, 0.3) is 0 Å². The fourth-order valence-electron chi connectivity index (χ4n) is 4.74. The van der Waals surface area contributed by atoms with Crippen LogP contribution in [0, 0.1) is 18.8 Å². The molecule has 0 aliphatic heterocycles. The van der Waals surface area contributed by atoms with Gasteiger partial charge >= 0.3 is 0 Å². The highest BCUT2D eigenvalue weighted by Gasteiger charge is 2.30. The lowest BCUT2D eigenvalue weighted by Gasteiger charge is -2.19. The Balaban J connectivity index is 1.29. The molecule has 1 amide bonds. The Morgan fingerprint density at radius 1 is 1.06 bits per heavy atom. The Kier molecular flexibility index (Phi) is 6.57. The van der Waals surface area contributed by atoms with Crippen LogP contribution in [0.1, 0.15) is 60.7 Å². The van der Waals surface area contributed by atoms with Gasteiger partial charge in [-0.25, -0.2) is 0 Å². The summed E-state index contributed by atoms with van der Waals surface area (Å²) in [5.41, 5.74) is 5.13. The molecule has 1 unspecified atom stereocenters. The first-order chi connectivity index (χ1) is 15.0. The highest BCUT2D eigenvalue weighted by molar-refractivity contribution is 5.95. The van der Waals surface area contributed by atoms with E-state index in [9.17, 15) is 9.90 Å². The van der Waals surface area contributed by atoms with Crippen molar-refractivity contribution in [3.8, 4) is 0 Å². The van der Waals surface area contributed by atoms with Gasteiger partial charge in [0.1, 0.15) is 0 Å². The smallest absolute Gasteiger partial charge is 0.233 e. The molecule has 0 spiro atoms. The minimum atomic E-state index is -0.366. The van der Waals surface area contributed by atoms with Crippen molar-refractivity contribution in [3.63, 3.8) is 0 Å². The Hall–Kier alpha value is -2.85. The number of rotatable bonds is 7. The quantitative estimate of drug-likeness (QED) is 0.459. The summed E-state index contributed by atoms with van der Waals surface area (Å²) in [6, 6.07) is 22.2. The van der Waals surface area contributed by atoms with Gasteiger partial charge in [-0.05, 0) is 86.8 Å². The molecule has 31 heavy (non-hydrogen) atoms. The number of aliphatic hydroxyl groups is 1. The number of hydrogen-bond acceptors (Lipinski definition) is 2. The number of aromatic nitrogens is 1. The molecule has 4 heteroatoms. The summed E-state index contributed by atoms with van der Waals surface area (Å²) >= 11 is 0. The molecule has 4 atom stereocenters. The van der Waals surface area contributed by atoms with Gasteiger partial charge in [-0.15, -0.1) is 0 Å². The van der Waals surface area contributed by atoms with Crippen LogP contribution in [-0.2, 0) is 11.2 Å². The van der Waals surface area contributed by atoms with E-state index in [1.54, 1.807) is 0 Å². The molecular weight excluding hydrogens is 384 g/mol. The SMILES string of the molecule is Cc1ccc(C(C)C(=O)Nc2ccc(C[C@@H]3CC[C@H]([C@H](O)c4ccccc4)C3)cc2)[nH]1. The summed E-state index contributed by atoms with van der Waals surface area (Å²) in [6.07, 6.45) is 3.94. The number of H-pyrrole nitrogens is 1. The van der Waals surface area contributed by atoms with Crippen LogP contribution >= 0.6 is 0 Å². The average Bonchev–Trinajstić information content (AvgIpc) is 3.44. The molecule has 1 heterocycles. The summed E-state index contributed by atoms with van der Waals surface area (Å²) in [5, 5.41) is 13.7. The number of nitrogens with one attached hydrogen (secondary N) is 2. The van der Waals surface area contributed by atoms with Crippen molar-refractivity contribution in [2.75, 3.05) is 5.32 Å². The summed E-state index contributed by atoms with van der Waals surface area (Å²) in [4.78, 5) is 15.8. The molecule has 1 aliphatic carbocycles. The molecule has 1 aliphatic rings. The first kappa shape index (κ1) is 21.4. The summed E-state index contributed by atoms with van der Waals surface area (Å²) in [6.45, 7) is 3.90. The van der Waals surface area contributed by atoms with Gasteiger partial charge < -0.3 is 15.4 Å². The summed E-state index contributed by atoms with van der Waals surface area (Å²) in [5.74, 6) is 0.701. The zero-order valence-electron chi connectivity index (χ0n) is 18.3. The van der Waals surface area contributed by atoms with E-state index in [1.807, 2.05) is 68.4 Å². The second-order valence-corrected chi connectivity index (χ2v) is 9.00. The molecular formula is C27H32N2O2. The molecule has 1 aromatic heterocycles. The number of carbonyl (C=O) groups excluding carboxylic acids is 1. The molecule has 162 valence electrons. The van der Waals surface area contributed by atoms with Crippen molar-refractivity contribution in [2.45, 2.75) is 51.6 Å². The third-order valence-corrected chi connectivity index (χ3v) is 6.63. The second kappa shape index (κ2) is 9.52. The Morgan fingerprint density at radius 2 is 1.81 bits per heavy atom. The lowest BCUT2D eigenvalue weighted by atomic mass is 9.91. The van der Waals surface area contributed by atoms with Gasteiger partial charge in [-0.2, -0.15) is 0 Å². The molecule has 3 N–H and O–H groups in total. The Morgan fingerprint density at radius 3 is 2.48 bits per heavy atom. The molecule has 0 saturated heterocycles. The van der Waals surface area contributed by atoms with Crippen LogP contribution in [0.4, 0.5) is 5.69 Å². The van der Waals surface area contributed by atoms with Gasteiger partial charge in [0, 0.05) is 17.1 Å². The molecule has 0 radical (unpaired) electrons.